The number of hydrogen-bond donors (Lipinski definition) is 0. The van der Waals surface area contributed by atoms with E-state index in [2.05, 4.69) is 60.3 Å². The minimum absolute atomic E-state index is 0.263. The smallest absolute Gasteiger partial charge is 0.136 e. The van der Waals surface area contributed by atoms with Gasteiger partial charge in [0, 0.05) is 24.4 Å². The van der Waals surface area contributed by atoms with Crippen LogP contribution in [0.4, 0.5) is 0 Å². The van der Waals surface area contributed by atoms with Crippen LogP contribution < -0.4 is 0 Å². The molecule has 126 valence electrons. The first-order chi connectivity index (χ1) is 9.66. The standard InChI is InChI=1S/C19H39NO/c1-14(2)13-19(21)18(15(3)4)11-9-10-12-20(16(5)6)17(7)8/h14-18H,9-13H2,1-8H3. The zero-order chi connectivity index (χ0) is 16.6. The predicted molar refractivity (Wildman–Crippen MR) is 93.6 cm³/mol. The fourth-order valence-electron chi connectivity index (χ4n) is 3.19. The molecule has 2 heteroatoms. The Labute approximate surface area is 133 Å². The second-order valence-electron chi connectivity index (χ2n) is 7.84. The highest BCUT2D eigenvalue weighted by molar-refractivity contribution is 5.81. The Morgan fingerprint density at radius 2 is 1.38 bits per heavy atom. The molecule has 0 aliphatic heterocycles. The topological polar surface area (TPSA) is 20.3 Å². The van der Waals surface area contributed by atoms with Crippen LogP contribution in [-0.2, 0) is 4.79 Å². The SMILES string of the molecule is CC(C)CC(=O)C(CCCCN(C(C)C)C(C)C)C(C)C. The fraction of sp³-hybridized carbons (Fsp3) is 0.947. The monoisotopic (exact) mass is 297 g/mol. The van der Waals surface area contributed by atoms with Crippen molar-refractivity contribution in [2.24, 2.45) is 17.8 Å². The zero-order valence-corrected chi connectivity index (χ0v) is 15.8. The van der Waals surface area contributed by atoms with Gasteiger partial charge in [0.05, 0.1) is 0 Å². The first-order valence-corrected chi connectivity index (χ1v) is 8.95. The zero-order valence-electron chi connectivity index (χ0n) is 15.8. The summed E-state index contributed by atoms with van der Waals surface area (Å²) < 4.78 is 0. The van der Waals surface area contributed by atoms with Crippen molar-refractivity contribution in [3.05, 3.63) is 0 Å². The molecule has 0 aromatic rings. The highest BCUT2D eigenvalue weighted by Crippen LogP contribution is 2.23. The Morgan fingerprint density at radius 3 is 1.76 bits per heavy atom. The lowest BCUT2D eigenvalue weighted by atomic mass is 9.84. The lowest BCUT2D eigenvalue weighted by molar-refractivity contribution is -0.125. The second kappa shape index (κ2) is 10.4. The van der Waals surface area contributed by atoms with Crippen molar-refractivity contribution in [1.29, 1.82) is 0 Å². The summed E-state index contributed by atoms with van der Waals surface area (Å²) in [5, 5.41) is 0. The maximum absolute atomic E-state index is 12.3. The third kappa shape index (κ3) is 8.60. The minimum atomic E-state index is 0.263. The van der Waals surface area contributed by atoms with Crippen LogP contribution in [0, 0.1) is 17.8 Å². The highest BCUT2D eigenvalue weighted by Gasteiger charge is 2.22. The van der Waals surface area contributed by atoms with Crippen LogP contribution >= 0.6 is 0 Å². The van der Waals surface area contributed by atoms with E-state index in [1.165, 1.54) is 12.8 Å². The maximum atomic E-state index is 12.3. The van der Waals surface area contributed by atoms with Crippen molar-refractivity contribution in [3.63, 3.8) is 0 Å². The van der Waals surface area contributed by atoms with Crippen LogP contribution in [-0.4, -0.2) is 29.3 Å². The molecule has 0 radical (unpaired) electrons. The number of nitrogens with zero attached hydrogens (tertiary/aromatic N) is 1. The van der Waals surface area contributed by atoms with Crippen LogP contribution in [0.2, 0.25) is 0 Å². The Balaban J connectivity index is 4.24. The van der Waals surface area contributed by atoms with E-state index >= 15 is 0 Å². The Bertz CT molecular complexity index is 273. The quantitative estimate of drug-likeness (QED) is 0.491. The lowest BCUT2D eigenvalue weighted by Crippen LogP contribution is -2.37. The molecule has 0 heterocycles. The fourth-order valence-corrected chi connectivity index (χ4v) is 3.19. The number of hydrogen-bond acceptors (Lipinski definition) is 2. The van der Waals surface area contributed by atoms with E-state index in [1.807, 2.05) is 0 Å². The molecule has 0 fully saturated rings. The summed E-state index contributed by atoms with van der Waals surface area (Å²) >= 11 is 0. The summed E-state index contributed by atoms with van der Waals surface area (Å²) in [7, 11) is 0. The van der Waals surface area contributed by atoms with Crippen molar-refractivity contribution in [3.8, 4) is 0 Å². The van der Waals surface area contributed by atoms with Gasteiger partial charge in [-0.3, -0.25) is 9.69 Å². The molecule has 2 nitrogen and oxygen atoms in total. The molecule has 0 aliphatic rings. The van der Waals surface area contributed by atoms with Crippen molar-refractivity contribution >= 4 is 5.78 Å². The van der Waals surface area contributed by atoms with Crippen molar-refractivity contribution in [2.45, 2.75) is 93.2 Å². The van der Waals surface area contributed by atoms with Gasteiger partial charge in [-0.25, -0.2) is 0 Å². The third-order valence-electron chi connectivity index (χ3n) is 4.34. The van der Waals surface area contributed by atoms with Gasteiger partial charge in [0.25, 0.3) is 0 Å². The number of carbonyl (C=O) groups is 1. The largest absolute Gasteiger partial charge is 0.299 e. The van der Waals surface area contributed by atoms with E-state index in [1.54, 1.807) is 0 Å². The van der Waals surface area contributed by atoms with Crippen LogP contribution in [0.5, 0.6) is 0 Å². The van der Waals surface area contributed by atoms with E-state index in [9.17, 15) is 4.79 Å². The molecule has 0 spiro atoms. The number of ketones is 1. The van der Waals surface area contributed by atoms with E-state index in [4.69, 9.17) is 0 Å². The van der Waals surface area contributed by atoms with Gasteiger partial charge >= 0.3 is 0 Å². The Kier molecular flexibility index (Phi) is 10.2. The van der Waals surface area contributed by atoms with Crippen LogP contribution in [0.1, 0.15) is 81.1 Å². The first kappa shape index (κ1) is 20.6. The van der Waals surface area contributed by atoms with Crippen molar-refractivity contribution in [1.82, 2.24) is 4.90 Å². The van der Waals surface area contributed by atoms with E-state index < -0.39 is 0 Å². The van der Waals surface area contributed by atoms with E-state index in [0.29, 0.717) is 29.7 Å². The lowest BCUT2D eigenvalue weighted by Gasteiger charge is -2.30. The van der Waals surface area contributed by atoms with E-state index in [0.717, 1.165) is 19.4 Å². The molecule has 1 atom stereocenters. The molecule has 0 bridgehead atoms. The molecule has 0 amide bonds. The average Bonchev–Trinajstić information content (AvgIpc) is 2.30. The molecule has 1 unspecified atom stereocenters. The van der Waals surface area contributed by atoms with Crippen LogP contribution in [0.3, 0.4) is 0 Å². The molecule has 0 aromatic heterocycles. The summed E-state index contributed by atoms with van der Waals surface area (Å²) in [6, 6.07) is 1.21. The average molecular weight is 298 g/mol. The highest BCUT2D eigenvalue weighted by atomic mass is 16.1. The molecule has 0 saturated heterocycles. The predicted octanol–water partition coefficient (Wildman–Crippen LogP) is 5.16. The van der Waals surface area contributed by atoms with Gasteiger partial charge < -0.3 is 0 Å². The molecule has 0 aromatic carbocycles. The summed E-state index contributed by atoms with van der Waals surface area (Å²) in [6.07, 6.45) is 4.18. The molecule has 0 N–H and O–H groups in total. The molecule has 21 heavy (non-hydrogen) atoms. The summed E-state index contributed by atoms with van der Waals surface area (Å²) in [6.45, 7) is 18.9. The van der Waals surface area contributed by atoms with Gasteiger partial charge in [0.2, 0.25) is 0 Å². The van der Waals surface area contributed by atoms with Gasteiger partial charge in [-0.2, -0.15) is 0 Å². The van der Waals surface area contributed by atoms with Gasteiger partial charge in [-0.15, -0.1) is 0 Å². The molecule has 0 aliphatic carbocycles. The Morgan fingerprint density at radius 1 is 0.857 bits per heavy atom. The van der Waals surface area contributed by atoms with Crippen LogP contribution in [0.15, 0.2) is 0 Å². The molecule has 0 rings (SSSR count). The maximum Gasteiger partial charge on any atom is 0.136 e. The summed E-state index contributed by atoms with van der Waals surface area (Å²) in [4.78, 5) is 14.9. The number of unbranched alkanes of at least 4 members (excludes halogenated alkanes) is 1. The molecule has 0 saturated carbocycles. The Hall–Kier alpha value is -0.370. The minimum Gasteiger partial charge on any atom is -0.299 e. The van der Waals surface area contributed by atoms with Gasteiger partial charge in [-0.1, -0.05) is 34.1 Å². The molecular weight excluding hydrogens is 258 g/mol. The summed E-state index contributed by atoms with van der Waals surface area (Å²) in [5.74, 6) is 1.70. The van der Waals surface area contributed by atoms with Crippen LogP contribution in [0.25, 0.3) is 0 Å². The van der Waals surface area contributed by atoms with Gasteiger partial charge in [-0.05, 0) is 58.9 Å². The number of rotatable bonds is 11. The number of carbonyl (C=O) groups excluding carboxylic acids is 1. The first-order valence-electron chi connectivity index (χ1n) is 8.95. The van der Waals surface area contributed by atoms with Crippen molar-refractivity contribution < 1.29 is 4.79 Å². The molecular formula is C19H39NO. The second-order valence-corrected chi connectivity index (χ2v) is 7.84. The summed E-state index contributed by atoms with van der Waals surface area (Å²) in [5.41, 5.74) is 0. The van der Waals surface area contributed by atoms with Crippen molar-refractivity contribution in [2.75, 3.05) is 6.54 Å². The van der Waals surface area contributed by atoms with Gasteiger partial charge in [0.15, 0.2) is 0 Å². The number of Topliss-reactive ketones (excluding diaryl/α,β-unsaturated/α-hetero) is 1. The van der Waals surface area contributed by atoms with E-state index in [-0.39, 0.29) is 5.92 Å². The third-order valence-corrected chi connectivity index (χ3v) is 4.34. The normalized spacial score (nSPS) is 14.0. The van der Waals surface area contributed by atoms with Gasteiger partial charge in [0.1, 0.15) is 5.78 Å².